The highest BCUT2D eigenvalue weighted by Gasteiger charge is 2.13. The van der Waals surface area contributed by atoms with Gasteiger partial charge in [0.05, 0.1) is 11.4 Å². The number of benzene rings is 2. The monoisotopic (exact) mass is 359 g/mol. The van der Waals surface area contributed by atoms with Crippen LogP contribution in [-0.2, 0) is 0 Å². The standard InChI is InChI=1S/C24H29N3/c1-17-13-18(2)24(19(3)14-17)26-25-23(21-9-7-6-8-10-21)16-20-11-12-22(15-20)27(4)5/h6-10,12-15,26H,11,16H2,1-5H3. The summed E-state index contributed by atoms with van der Waals surface area (Å²) >= 11 is 0. The lowest BCUT2D eigenvalue weighted by Gasteiger charge is -2.13. The van der Waals surface area contributed by atoms with E-state index < -0.39 is 0 Å². The fourth-order valence-electron chi connectivity index (χ4n) is 3.53. The molecule has 0 radical (unpaired) electrons. The summed E-state index contributed by atoms with van der Waals surface area (Å²) in [5, 5.41) is 4.84. The maximum Gasteiger partial charge on any atom is 0.0720 e. The smallest absolute Gasteiger partial charge is 0.0720 e. The third kappa shape index (κ3) is 4.68. The number of aryl methyl sites for hydroxylation is 3. The molecule has 0 bridgehead atoms. The van der Waals surface area contributed by atoms with Gasteiger partial charge in [-0.3, -0.25) is 5.43 Å². The zero-order valence-electron chi connectivity index (χ0n) is 17.0. The van der Waals surface area contributed by atoms with Gasteiger partial charge >= 0.3 is 0 Å². The molecule has 140 valence electrons. The Kier molecular flexibility index (Phi) is 5.80. The molecule has 0 aliphatic heterocycles. The van der Waals surface area contributed by atoms with Gasteiger partial charge in [-0.15, -0.1) is 0 Å². The van der Waals surface area contributed by atoms with Gasteiger partial charge in [0, 0.05) is 26.2 Å². The van der Waals surface area contributed by atoms with E-state index in [0.29, 0.717) is 0 Å². The van der Waals surface area contributed by atoms with Crippen LogP contribution < -0.4 is 5.43 Å². The number of nitrogens with zero attached hydrogens (tertiary/aromatic N) is 2. The molecule has 1 aliphatic rings. The molecule has 0 unspecified atom stereocenters. The lowest BCUT2D eigenvalue weighted by atomic mass is 10.0. The van der Waals surface area contributed by atoms with Crippen molar-refractivity contribution in [3.63, 3.8) is 0 Å². The second-order valence-electron chi connectivity index (χ2n) is 7.52. The topological polar surface area (TPSA) is 27.6 Å². The van der Waals surface area contributed by atoms with Gasteiger partial charge in [0.2, 0.25) is 0 Å². The molecule has 0 saturated heterocycles. The van der Waals surface area contributed by atoms with Crippen LogP contribution in [-0.4, -0.2) is 24.7 Å². The Morgan fingerprint density at radius 2 is 1.70 bits per heavy atom. The van der Waals surface area contributed by atoms with E-state index in [4.69, 9.17) is 5.10 Å². The van der Waals surface area contributed by atoms with E-state index in [9.17, 15) is 0 Å². The molecule has 0 amide bonds. The lowest BCUT2D eigenvalue weighted by molar-refractivity contribution is 0.531. The fourth-order valence-corrected chi connectivity index (χ4v) is 3.53. The number of nitrogens with one attached hydrogen (secondary N) is 1. The molecule has 0 spiro atoms. The summed E-state index contributed by atoms with van der Waals surface area (Å²) in [6.07, 6.45) is 6.39. The molecule has 3 rings (SSSR count). The van der Waals surface area contributed by atoms with E-state index >= 15 is 0 Å². The Bertz CT molecular complexity index is 879. The van der Waals surface area contributed by atoms with E-state index in [1.165, 1.54) is 28.0 Å². The summed E-state index contributed by atoms with van der Waals surface area (Å²) in [5.41, 5.74) is 13.1. The van der Waals surface area contributed by atoms with Crippen molar-refractivity contribution in [2.75, 3.05) is 19.5 Å². The van der Waals surface area contributed by atoms with Crippen molar-refractivity contribution in [1.82, 2.24) is 4.90 Å². The maximum atomic E-state index is 4.84. The van der Waals surface area contributed by atoms with Crippen LogP contribution in [0.3, 0.4) is 0 Å². The van der Waals surface area contributed by atoms with E-state index in [2.05, 4.69) is 93.7 Å². The van der Waals surface area contributed by atoms with Crippen LogP contribution in [0.15, 0.2) is 71.0 Å². The highest BCUT2D eigenvalue weighted by Crippen LogP contribution is 2.25. The van der Waals surface area contributed by atoms with Crippen LogP contribution in [0.5, 0.6) is 0 Å². The third-order valence-electron chi connectivity index (χ3n) is 4.92. The summed E-state index contributed by atoms with van der Waals surface area (Å²) in [6, 6.07) is 14.8. The number of hydrogen-bond donors (Lipinski definition) is 1. The van der Waals surface area contributed by atoms with Crippen molar-refractivity contribution in [3.05, 3.63) is 88.1 Å². The van der Waals surface area contributed by atoms with Gasteiger partial charge in [0.1, 0.15) is 0 Å². The molecule has 2 aromatic carbocycles. The zero-order chi connectivity index (χ0) is 19.4. The fraction of sp³-hybridized carbons (Fsp3) is 0.292. The maximum absolute atomic E-state index is 4.84. The van der Waals surface area contributed by atoms with Crippen molar-refractivity contribution in [2.45, 2.75) is 33.6 Å². The molecule has 3 nitrogen and oxygen atoms in total. The number of hydrazone groups is 1. The molecule has 1 N–H and O–H groups in total. The first-order valence-corrected chi connectivity index (χ1v) is 9.47. The van der Waals surface area contributed by atoms with Gasteiger partial charge in [0.15, 0.2) is 0 Å². The number of anilines is 1. The van der Waals surface area contributed by atoms with Gasteiger partial charge in [-0.1, -0.05) is 59.7 Å². The van der Waals surface area contributed by atoms with E-state index in [1.807, 2.05) is 6.07 Å². The molecule has 0 aromatic heterocycles. The minimum absolute atomic E-state index is 0.842. The average Bonchev–Trinajstić information content (AvgIpc) is 3.09. The Labute approximate surface area is 163 Å². The molecular weight excluding hydrogens is 330 g/mol. The first-order valence-electron chi connectivity index (χ1n) is 9.47. The molecule has 0 heterocycles. The van der Waals surface area contributed by atoms with Gasteiger partial charge in [0.25, 0.3) is 0 Å². The lowest BCUT2D eigenvalue weighted by Crippen LogP contribution is -2.08. The summed E-state index contributed by atoms with van der Waals surface area (Å²) < 4.78 is 0. The molecule has 27 heavy (non-hydrogen) atoms. The van der Waals surface area contributed by atoms with Gasteiger partial charge in [-0.2, -0.15) is 5.10 Å². The summed E-state index contributed by atoms with van der Waals surface area (Å²) in [7, 11) is 4.17. The van der Waals surface area contributed by atoms with Crippen LogP contribution >= 0.6 is 0 Å². The van der Waals surface area contributed by atoms with Crippen molar-refractivity contribution in [3.8, 4) is 0 Å². The Hall–Kier alpha value is -2.81. The van der Waals surface area contributed by atoms with Crippen molar-refractivity contribution in [2.24, 2.45) is 5.10 Å². The molecular formula is C24H29N3. The van der Waals surface area contributed by atoms with E-state index in [-0.39, 0.29) is 0 Å². The first kappa shape index (κ1) is 19.0. The SMILES string of the molecule is Cc1cc(C)c(NN=C(CC2=CC(N(C)C)=CC2)c2ccccc2)c(C)c1. The van der Waals surface area contributed by atoms with E-state index in [0.717, 1.165) is 29.8 Å². The van der Waals surface area contributed by atoms with Crippen LogP contribution in [0.4, 0.5) is 5.69 Å². The van der Waals surface area contributed by atoms with Crippen molar-refractivity contribution < 1.29 is 0 Å². The number of rotatable bonds is 6. The normalized spacial score (nSPS) is 14.0. The minimum atomic E-state index is 0.842. The van der Waals surface area contributed by atoms with Crippen molar-refractivity contribution in [1.29, 1.82) is 0 Å². The van der Waals surface area contributed by atoms with Gasteiger partial charge < -0.3 is 4.90 Å². The molecule has 0 saturated carbocycles. The summed E-state index contributed by atoms with van der Waals surface area (Å²) in [6.45, 7) is 6.39. The Balaban J connectivity index is 1.88. The predicted octanol–water partition coefficient (Wildman–Crippen LogP) is 5.59. The second-order valence-corrected chi connectivity index (χ2v) is 7.52. The quantitative estimate of drug-likeness (QED) is 0.537. The average molecular weight is 360 g/mol. The van der Waals surface area contributed by atoms with Gasteiger partial charge in [-0.25, -0.2) is 0 Å². The third-order valence-corrected chi connectivity index (χ3v) is 4.92. The summed E-state index contributed by atoms with van der Waals surface area (Å²) in [5.74, 6) is 0. The predicted molar refractivity (Wildman–Crippen MR) is 116 cm³/mol. The van der Waals surface area contributed by atoms with Gasteiger partial charge in [-0.05, 0) is 50.0 Å². The Morgan fingerprint density at radius 1 is 1.04 bits per heavy atom. The molecule has 1 aliphatic carbocycles. The number of likely N-dealkylation sites (N-methyl/N-ethyl adjacent to an activating group) is 1. The van der Waals surface area contributed by atoms with Crippen LogP contribution in [0.1, 0.15) is 35.1 Å². The highest BCUT2D eigenvalue weighted by atomic mass is 15.3. The Morgan fingerprint density at radius 3 is 2.30 bits per heavy atom. The summed E-state index contributed by atoms with van der Waals surface area (Å²) in [4.78, 5) is 2.16. The highest BCUT2D eigenvalue weighted by molar-refractivity contribution is 6.02. The number of allylic oxidation sites excluding steroid dienone is 3. The van der Waals surface area contributed by atoms with Crippen LogP contribution in [0.2, 0.25) is 0 Å². The largest absolute Gasteiger partial charge is 0.378 e. The second kappa shape index (κ2) is 8.26. The zero-order valence-corrected chi connectivity index (χ0v) is 17.0. The van der Waals surface area contributed by atoms with Crippen LogP contribution in [0.25, 0.3) is 0 Å². The number of hydrogen-bond acceptors (Lipinski definition) is 3. The molecule has 2 aromatic rings. The minimum Gasteiger partial charge on any atom is -0.378 e. The van der Waals surface area contributed by atoms with E-state index in [1.54, 1.807) is 0 Å². The molecule has 0 atom stereocenters. The van der Waals surface area contributed by atoms with Crippen molar-refractivity contribution >= 4 is 11.4 Å². The van der Waals surface area contributed by atoms with Crippen LogP contribution in [0, 0.1) is 20.8 Å². The first-order chi connectivity index (χ1) is 12.9. The molecule has 3 heteroatoms. The molecule has 0 fully saturated rings.